The van der Waals surface area contributed by atoms with Gasteiger partial charge in [0.15, 0.2) is 11.5 Å². The lowest BCUT2D eigenvalue weighted by Crippen LogP contribution is -2.39. The average molecular weight is 281 g/mol. The van der Waals surface area contributed by atoms with Gasteiger partial charge in [0.25, 0.3) is 0 Å². The van der Waals surface area contributed by atoms with Gasteiger partial charge in [0, 0.05) is 18.2 Å². The fourth-order valence-corrected chi connectivity index (χ4v) is 3.41. The van der Waals surface area contributed by atoms with Crippen molar-refractivity contribution in [2.75, 3.05) is 20.0 Å². The summed E-state index contributed by atoms with van der Waals surface area (Å²) in [5.74, 6) is 2.52. The molecule has 1 aromatic rings. The molecule has 1 heterocycles. The summed E-state index contributed by atoms with van der Waals surface area (Å²) < 4.78 is 10.7. The highest BCUT2D eigenvalue weighted by Crippen LogP contribution is 2.43. The fourth-order valence-electron chi connectivity index (χ4n) is 2.19. The van der Waals surface area contributed by atoms with Crippen LogP contribution in [0.4, 0.5) is 0 Å². The smallest absolute Gasteiger partial charge is 0.219 e. The molecular weight excluding hydrogens is 262 g/mol. The average Bonchev–Trinajstić information content (AvgIpc) is 2.45. The lowest BCUT2D eigenvalue weighted by molar-refractivity contribution is -0.121. The van der Waals surface area contributed by atoms with E-state index in [-0.39, 0.29) is 11.9 Å². The van der Waals surface area contributed by atoms with Crippen molar-refractivity contribution in [2.45, 2.75) is 30.7 Å². The van der Waals surface area contributed by atoms with E-state index < -0.39 is 0 Å². The maximum atomic E-state index is 11.5. The van der Waals surface area contributed by atoms with Gasteiger partial charge in [-0.05, 0) is 18.1 Å². The van der Waals surface area contributed by atoms with Crippen LogP contribution in [0.15, 0.2) is 17.0 Å². The van der Waals surface area contributed by atoms with Gasteiger partial charge in [-0.25, -0.2) is 0 Å². The highest BCUT2D eigenvalue weighted by Gasteiger charge is 2.24. The Kier molecular flexibility index (Phi) is 4.58. The van der Waals surface area contributed by atoms with Crippen molar-refractivity contribution >= 4 is 17.7 Å². The summed E-state index contributed by atoms with van der Waals surface area (Å²) in [4.78, 5) is 12.6. The van der Waals surface area contributed by atoms with Crippen LogP contribution in [-0.4, -0.2) is 31.9 Å². The van der Waals surface area contributed by atoms with E-state index in [0.29, 0.717) is 6.42 Å². The minimum absolute atomic E-state index is 0.106. The summed E-state index contributed by atoms with van der Waals surface area (Å²) in [6, 6.07) is 4.17. The van der Waals surface area contributed by atoms with Crippen LogP contribution in [0.1, 0.15) is 18.9 Å². The van der Waals surface area contributed by atoms with Crippen LogP contribution in [0.3, 0.4) is 0 Å². The van der Waals surface area contributed by atoms with E-state index in [9.17, 15) is 4.79 Å². The second-order valence-electron chi connectivity index (χ2n) is 4.42. The molecule has 104 valence electrons. The third kappa shape index (κ3) is 2.97. The lowest BCUT2D eigenvalue weighted by atomic mass is 10.1. The molecule has 0 bridgehead atoms. The monoisotopic (exact) mass is 281 g/mol. The van der Waals surface area contributed by atoms with Gasteiger partial charge >= 0.3 is 0 Å². The first-order valence-electron chi connectivity index (χ1n) is 6.35. The normalized spacial score (nSPS) is 17.5. The summed E-state index contributed by atoms with van der Waals surface area (Å²) in [7, 11) is 3.30. The Morgan fingerprint density at radius 2 is 2.21 bits per heavy atom. The molecule has 0 saturated heterocycles. The Morgan fingerprint density at radius 3 is 2.84 bits per heavy atom. The minimum Gasteiger partial charge on any atom is -0.493 e. The van der Waals surface area contributed by atoms with Crippen molar-refractivity contribution in [3.8, 4) is 11.5 Å². The number of hydrogen-bond acceptors (Lipinski definition) is 4. The standard InChI is InChI=1S/C14H19NO3S/c1-4-12(16)15-10-7-9-5-6-11(17-2)13(18-3)14(9)19-8-10/h5-6,10H,4,7-8H2,1-3H3,(H,15,16). The topological polar surface area (TPSA) is 47.6 Å². The fraction of sp³-hybridized carbons (Fsp3) is 0.500. The molecular formula is C14H19NO3S. The van der Waals surface area contributed by atoms with Crippen LogP contribution < -0.4 is 14.8 Å². The SMILES string of the molecule is CCC(=O)NC1CSc2c(ccc(OC)c2OC)C1. The van der Waals surface area contributed by atoms with Crippen LogP contribution in [0.25, 0.3) is 0 Å². The Labute approximate surface area is 117 Å². The van der Waals surface area contributed by atoms with Crippen LogP contribution in [0.5, 0.6) is 11.5 Å². The van der Waals surface area contributed by atoms with Gasteiger partial charge in [-0.3, -0.25) is 4.79 Å². The van der Waals surface area contributed by atoms with E-state index in [1.54, 1.807) is 26.0 Å². The van der Waals surface area contributed by atoms with Gasteiger partial charge in [0.1, 0.15) is 0 Å². The molecule has 0 saturated carbocycles. The molecule has 5 heteroatoms. The maximum absolute atomic E-state index is 11.5. The zero-order valence-electron chi connectivity index (χ0n) is 11.5. The quantitative estimate of drug-likeness (QED) is 0.919. The van der Waals surface area contributed by atoms with E-state index >= 15 is 0 Å². The number of methoxy groups -OCH3 is 2. The Bertz CT molecular complexity index is 476. The van der Waals surface area contributed by atoms with Gasteiger partial charge in [-0.15, -0.1) is 11.8 Å². The van der Waals surface area contributed by atoms with Crippen molar-refractivity contribution in [2.24, 2.45) is 0 Å². The number of carbonyl (C=O) groups is 1. The molecule has 4 nitrogen and oxygen atoms in total. The molecule has 1 aliphatic heterocycles. The molecule has 1 aliphatic rings. The van der Waals surface area contributed by atoms with Crippen LogP contribution in [0.2, 0.25) is 0 Å². The van der Waals surface area contributed by atoms with E-state index in [2.05, 4.69) is 5.32 Å². The van der Waals surface area contributed by atoms with Crippen molar-refractivity contribution in [3.63, 3.8) is 0 Å². The number of fused-ring (bicyclic) bond motifs is 1. The first kappa shape index (κ1) is 14.1. The van der Waals surface area contributed by atoms with Crippen molar-refractivity contribution in [1.29, 1.82) is 0 Å². The zero-order valence-corrected chi connectivity index (χ0v) is 12.3. The third-order valence-electron chi connectivity index (χ3n) is 3.16. The number of benzene rings is 1. The molecule has 0 radical (unpaired) electrons. The molecule has 19 heavy (non-hydrogen) atoms. The van der Waals surface area contributed by atoms with E-state index in [1.807, 2.05) is 19.1 Å². The molecule has 1 N–H and O–H groups in total. The molecule has 0 fully saturated rings. The van der Waals surface area contributed by atoms with Crippen molar-refractivity contribution < 1.29 is 14.3 Å². The second-order valence-corrected chi connectivity index (χ2v) is 5.45. The Morgan fingerprint density at radius 1 is 1.42 bits per heavy atom. The first-order valence-corrected chi connectivity index (χ1v) is 7.34. The third-order valence-corrected chi connectivity index (χ3v) is 4.47. The highest BCUT2D eigenvalue weighted by atomic mass is 32.2. The summed E-state index contributed by atoms with van der Waals surface area (Å²) in [5, 5.41) is 3.04. The van der Waals surface area contributed by atoms with Gasteiger partial charge < -0.3 is 14.8 Å². The number of carbonyl (C=O) groups excluding carboxylic acids is 1. The number of thioether (sulfide) groups is 1. The van der Waals surface area contributed by atoms with Crippen molar-refractivity contribution in [3.05, 3.63) is 17.7 Å². The first-order chi connectivity index (χ1) is 9.19. The predicted molar refractivity (Wildman–Crippen MR) is 76.2 cm³/mol. The molecule has 1 atom stereocenters. The Hall–Kier alpha value is -1.36. The summed E-state index contributed by atoms with van der Waals surface area (Å²) in [6.07, 6.45) is 1.37. The van der Waals surface area contributed by atoms with Gasteiger partial charge in [0.2, 0.25) is 5.91 Å². The lowest BCUT2D eigenvalue weighted by Gasteiger charge is -2.26. The number of hydrogen-bond donors (Lipinski definition) is 1. The molecule has 2 rings (SSSR count). The largest absolute Gasteiger partial charge is 0.493 e. The molecule has 0 aromatic heterocycles. The summed E-state index contributed by atoms with van der Waals surface area (Å²) >= 11 is 1.71. The van der Waals surface area contributed by atoms with E-state index in [4.69, 9.17) is 9.47 Å². The van der Waals surface area contributed by atoms with Crippen LogP contribution in [0, 0.1) is 0 Å². The number of nitrogens with one attached hydrogen (secondary N) is 1. The summed E-state index contributed by atoms with van der Waals surface area (Å²) in [5.41, 5.74) is 1.20. The number of rotatable bonds is 4. The molecule has 1 unspecified atom stereocenters. The van der Waals surface area contributed by atoms with Gasteiger partial charge in [0.05, 0.1) is 19.1 Å². The molecule has 0 aliphatic carbocycles. The second kappa shape index (κ2) is 6.19. The van der Waals surface area contributed by atoms with Crippen LogP contribution >= 0.6 is 11.8 Å². The van der Waals surface area contributed by atoms with E-state index in [0.717, 1.165) is 28.6 Å². The number of amides is 1. The van der Waals surface area contributed by atoms with Gasteiger partial charge in [-0.2, -0.15) is 0 Å². The molecule has 1 aromatic carbocycles. The maximum Gasteiger partial charge on any atom is 0.219 e. The predicted octanol–water partition coefficient (Wildman–Crippen LogP) is 2.25. The summed E-state index contributed by atoms with van der Waals surface area (Å²) in [6.45, 7) is 1.87. The molecule has 0 spiro atoms. The van der Waals surface area contributed by atoms with Gasteiger partial charge in [-0.1, -0.05) is 13.0 Å². The number of ether oxygens (including phenoxy) is 2. The zero-order chi connectivity index (χ0) is 13.8. The van der Waals surface area contributed by atoms with Crippen LogP contribution in [-0.2, 0) is 11.2 Å². The molecule has 1 amide bonds. The Balaban J connectivity index is 2.20. The minimum atomic E-state index is 0.106. The highest BCUT2D eigenvalue weighted by molar-refractivity contribution is 7.99. The van der Waals surface area contributed by atoms with Crippen molar-refractivity contribution in [1.82, 2.24) is 5.32 Å². The van der Waals surface area contributed by atoms with E-state index in [1.165, 1.54) is 5.56 Å².